The molecule has 2 nitrogen and oxygen atoms in total. The van der Waals surface area contributed by atoms with Gasteiger partial charge in [-0.2, -0.15) is 0 Å². The minimum Gasteiger partial charge on any atom is -0.508 e. The second-order valence-electron chi connectivity index (χ2n) is 4.18. The molecule has 0 spiro atoms. The van der Waals surface area contributed by atoms with Crippen molar-refractivity contribution in [1.29, 1.82) is 0 Å². The van der Waals surface area contributed by atoms with Crippen LogP contribution in [0.1, 0.15) is 29.9 Å². The van der Waals surface area contributed by atoms with Crippen LogP contribution in [0.5, 0.6) is 5.75 Å². The Hall–Kier alpha value is -1.28. The summed E-state index contributed by atoms with van der Waals surface area (Å²) in [4.78, 5) is 0. The van der Waals surface area contributed by atoms with E-state index in [1.807, 2.05) is 19.1 Å². The van der Waals surface area contributed by atoms with Gasteiger partial charge in [-0.15, -0.1) is 0 Å². The van der Waals surface area contributed by atoms with Crippen molar-refractivity contribution in [3.05, 3.63) is 41.5 Å². The number of rotatable bonds is 1. The van der Waals surface area contributed by atoms with Gasteiger partial charge in [-0.1, -0.05) is 18.2 Å². The monoisotopic (exact) mass is 204 g/mol. The normalized spacial score (nSPS) is 25.5. The number of phenols is 1. The fraction of sp³-hybridized carbons (Fsp3) is 0.385. The molecule has 0 aromatic heterocycles. The molecule has 15 heavy (non-hydrogen) atoms. The van der Waals surface area contributed by atoms with Crippen LogP contribution in [0.25, 0.3) is 0 Å². The fourth-order valence-electron chi connectivity index (χ4n) is 2.14. The Morgan fingerprint density at radius 1 is 1.20 bits per heavy atom. The molecule has 0 radical (unpaired) electrons. The highest BCUT2D eigenvalue weighted by molar-refractivity contribution is 5.38. The summed E-state index contributed by atoms with van der Waals surface area (Å²) in [7, 11) is 0. The molecule has 0 bridgehead atoms. The lowest BCUT2D eigenvalue weighted by Crippen LogP contribution is -2.11. The summed E-state index contributed by atoms with van der Waals surface area (Å²) in [6.07, 6.45) is 5.44. The van der Waals surface area contributed by atoms with Gasteiger partial charge in [0.25, 0.3) is 0 Å². The SMILES string of the molecule is Cc1cc(O)ccc1C1C=CC(O)CC1. The Balaban J connectivity index is 2.26. The predicted molar refractivity (Wildman–Crippen MR) is 60.0 cm³/mol. The molecule has 0 saturated heterocycles. The number of aliphatic hydroxyl groups is 1. The maximum atomic E-state index is 9.36. The maximum Gasteiger partial charge on any atom is 0.115 e. The van der Waals surface area contributed by atoms with Crippen LogP contribution in [0.4, 0.5) is 0 Å². The van der Waals surface area contributed by atoms with Crippen LogP contribution >= 0.6 is 0 Å². The van der Waals surface area contributed by atoms with Gasteiger partial charge in [-0.25, -0.2) is 0 Å². The van der Waals surface area contributed by atoms with Crippen molar-refractivity contribution in [1.82, 2.24) is 0 Å². The molecule has 2 atom stereocenters. The average Bonchev–Trinajstić information content (AvgIpc) is 2.20. The van der Waals surface area contributed by atoms with Crippen molar-refractivity contribution < 1.29 is 10.2 Å². The molecule has 1 aliphatic rings. The fourth-order valence-corrected chi connectivity index (χ4v) is 2.14. The smallest absolute Gasteiger partial charge is 0.115 e. The molecule has 2 N–H and O–H groups in total. The molecule has 0 fully saturated rings. The lowest BCUT2D eigenvalue weighted by molar-refractivity contribution is 0.201. The second kappa shape index (κ2) is 4.07. The van der Waals surface area contributed by atoms with Crippen LogP contribution in [-0.4, -0.2) is 16.3 Å². The molecule has 2 unspecified atom stereocenters. The van der Waals surface area contributed by atoms with E-state index in [0.29, 0.717) is 11.7 Å². The number of hydrogen-bond donors (Lipinski definition) is 2. The summed E-state index contributed by atoms with van der Waals surface area (Å²) in [5.74, 6) is 0.699. The third-order valence-corrected chi connectivity index (χ3v) is 2.99. The average molecular weight is 204 g/mol. The standard InChI is InChI=1S/C13H16O2/c1-9-8-12(15)6-7-13(9)10-2-4-11(14)5-3-10/h2,4,6-8,10-11,14-15H,3,5H2,1H3. The summed E-state index contributed by atoms with van der Waals surface area (Å²) in [5, 5.41) is 18.7. The van der Waals surface area contributed by atoms with E-state index in [2.05, 4.69) is 6.08 Å². The van der Waals surface area contributed by atoms with E-state index in [1.165, 1.54) is 5.56 Å². The number of hydrogen-bond acceptors (Lipinski definition) is 2. The maximum absolute atomic E-state index is 9.36. The van der Waals surface area contributed by atoms with Gasteiger partial charge in [0.2, 0.25) is 0 Å². The zero-order chi connectivity index (χ0) is 10.8. The van der Waals surface area contributed by atoms with Crippen LogP contribution in [0, 0.1) is 6.92 Å². The molecule has 0 amide bonds. The van der Waals surface area contributed by atoms with E-state index >= 15 is 0 Å². The van der Waals surface area contributed by atoms with Gasteiger partial charge in [0.05, 0.1) is 6.10 Å². The molecular formula is C13H16O2. The van der Waals surface area contributed by atoms with Crippen molar-refractivity contribution in [2.45, 2.75) is 31.8 Å². The Bertz CT molecular complexity index is 382. The number of aromatic hydroxyl groups is 1. The van der Waals surface area contributed by atoms with Crippen LogP contribution < -0.4 is 0 Å². The van der Waals surface area contributed by atoms with Crippen LogP contribution in [0.2, 0.25) is 0 Å². The molecule has 1 aliphatic carbocycles. The van der Waals surface area contributed by atoms with Crippen molar-refractivity contribution in [2.75, 3.05) is 0 Å². The van der Waals surface area contributed by atoms with Gasteiger partial charge in [-0.05, 0) is 43.0 Å². The summed E-state index contributed by atoms with van der Waals surface area (Å²) >= 11 is 0. The molecule has 1 aromatic carbocycles. The van der Waals surface area contributed by atoms with Gasteiger partial charge < -0.3 is 10.2 Å². The van der Waals surface area contributed by atoms with Gasteiger partial charge in [0.1, 0.15) is 5.75 Å². The largest absolute Gasteiger partial charge is 0.508 e. The number of benzene rings is 1. The first-order valence-electron chi connectivity index (χ1n) is 5.33. The summed E-state index contributed by atoms with van der Waals surface area (Å²) in [6, 6.07) is 5.48. The molecule has 80 valence electrons. The first-order valence-corrected chi connectivity index (χ1v) is 5.33. The lowest BCUT2D eigenvalue weighted by Gasteiger charge is -2.21. The van der Waals surface area contributed by atoms with Gasteiger partial charge in [0, 0.05) is 5.92 Å². The highest BCUT2D eigenvalue weighted by Gasteiger charge is 2.16. The Labute approximate surface area is 89.9 Å². The number of phenolic OH excluding ortho intramolecular Hbond substituents is 1. The van der Waals surface area contributed by atoms with Gasteiger partial charge >= 0.3 is 0 Å². The highest BCUT2D eigenvalue weighted by Crippen LogP contribution is 2.31. The Kier molecular flexibility index (Phi) is 2.78. The molecule has 2 heteroatoms. The number of allylic oxidation sites excluding steroid dienone is 1. The third-order valence-electron chi connectivity index (χ3n) is 2.99. The minimum absolute atomic E-state index is 0.279. The summed E-state index contributed by atoms with van der Waals surface area (Å²) in [5.41, 5.74) is 2.36. The van der Waals surface area contributed by atoms with Crippen molar-refractivity contribution in [3.8, 4) is 5.75 Å². The molecular weight excluding hydrogens is 188 g/mol. The first-order chi connectivity index (χ1) is 7.16. The van der Waals surface area contributed by atoms with Crippen LogP contribution in [0.3, 0.4) is 0 Å². The van der Waals surface area contributed by atoms with E-state index in [0.717, 1.165) is 18.4 Å². The zero-order valence-corrected chi connectivity index (χ0v) is 8.85. The third kappa shape index (κ3) is 2.21. The Morgan fingerprint density at radius 3 is 2.60 bits per heavy atom. The zero-order valence-electron chi connectivity index (χ0n) is 8.85. The Morgan fingerprint density at radius 2 is 2.00 bits per heavy atom. The van der Waals surface area contributed by atoms with Gasteiger partial charge in [0.15, 0.2) is 0 Å². The highest BCUT2D eigenvalue weighted by atomic mass is 16.3. The molecule has 0 saturated carbocycles. The van der Waals surface area contributed by atoms with Crippen molar-refractivity contribution in [3.63, 3.8) is 0 Å². The molecule has 1 aromatic rings. The van der Waals surface area contributed by atoms with E-state index in [9.17, 15) is 10.2 Å². The number of aryl methyl sites for hydroxylation is 1. The predicted octanol–water partition coefficient (Wildman–Crippen LogP) is 2.50. The van der Waals surface area contributed by atoms with Crippen LogP contribution in [-0.2, 0) is 0 Å². The van der Waals surface area contributed by atoms with Crippen molar-refractivity contribution in [2.24, 2.45) is 0 Å². The van der Waals surface area contributed by atoms with E-state index in [-0.39, 0.29) is 6.10 Å². The second-order valence-corrected chi connectivity index (χ2v) is 4.18. The van der Waals surface area contributed by atoms with Crippen molar-refractivity contribution >= 4 is 0 Å². The van der Waals surface area contributed by atoms with Crippen LogP contribution in [0.15, 0.2) is 30.4 Å². The lowest BCUT2D eigenvalue weighted by atomic mass is 9.86. The molecule has 0 aliphatic heterocycles. The van der Waals surface area contributed by atoms with E-state index in [4.69, 9.17) is 0 Å². The molecule has 0 heterocycles. The molecule has 2 rings (SSSR count). The van der Waals surface area contributed by atoms with E-state index in [1.54, 1.807) is 12.1 Å². The topological polar surface area (TPSA) is 40.5 Å². The number of aliphatic hydroxyl groups excluding tert-OH is 1. The van der Waals surface area contributed by atoms with Gasteiger partial charge in [-0.3, -0.25) is 0 Å². The summed E-state index contributed by atoms with van der Waals surface area (Å²) < 4.78 is 0. The first kappa shape index (κ1) is 10.2. The minimum atomic E-state index is -0.279. The summed E-state index contributed by atoms with van der Waals surface area (Å²) in [6.45, 7) is 2.01. The quantitative estimate of drug-likeness (QED) is 0.690. The van der Waals surface area contributed by atoms with E-state index < -0.39 is 0 Å².